The van der Waals surface area contributed by atoms with Crippen molar-refractivity contribution in [3.05, 3.63) is 34.9 Å². The van der Waals surface area contributed by atoms with Gasteiger partial charge in [-0.25, -0.2) is 0 Å². The first kappa shape index (κ1) is 16.0. The molecule has 0 bridgehead atoms. The van der Waals surface area contributed by atoms with Crippen LogP contribution >= 0.6 is 12.6 Å². The van der Waals surface area contributed by atoms with Gasteiger partial charge in [0, 0.05) is 5.56 Å². The van der Waals surface area contributed by atoms with Crippen molar-refractivity contribution < 1.29 is 28.2 Å². The van der Waals surface area contributed by atoms with E-state index in [1.807, 2.05) is 0 Å². The molecule has 2 unspecified atom stereocenters. The van der Waals surface area contributed by atoms with E-state index in [1.54, 1.807) is 0 Å². The Balaban J connectivity index is 3.19. The molecule has 0 fully saturated rings. The molecule has 0 spiro atoms. The van der Waals surface area contributed by atoms with E-state index in [4.69, 9.17) is 0 Å². The highest BCUT2D eigenvalue weighted by molar-refractivity contribution is 7.80. The highest BCUT2D eigenvalue weighted by Gasteiger charge is 2.32. The van der Waals surface area contributed by atoms with E-state index in [2.05, 4.69) is 12.6 Å². The largest absolute Gasteiger partial charge is 0.416 e. The lowest BCUT2D eigenvalue weighted by Crippen LogP contribution is -2.21. The SMILES string of the molecule is O=Cc1ccc(C(F)(F)F)cc1C(O)C(O)CCS. The van der Waals surface area contributed by atoms with Crippen molar-refractivity contribution in [1.29, 1.82) is 0 Å². The molecule has 3 nitrogen and oxygen atoms in total. The Morgan fingerprint density at radius 1 is 1.32 bits per heavy atom. The molecule has 0 amide bonds. The number of hydrogen-bond donors (Lipinski definition) is 3. The van der Waals surface area contributed by atoms with Crippen LogP contribution in [0, 0.1) is 0 Å². The number of halogens is 3. The van der Waals surface area contributed by atoms with Crippen molar-refractivity contribution >= 4 is 18.9 Å². The van der Waals surface area contributed by atoms with Gasteiger partial charge in [0.15, 0.2) is 0 Å². The first-order valence-corrected chi connectivity index (χ1v) is 6.07. The summed E-state index contributed by atoms with van der Waals surface area (Å²) in [6, 6.07) is 2.41. The third-order valence-electron chi connectivity index (χ3n) is 2.65. The molecular formula is C12H13F3O3S. The maximum Gasteiger partial charge on any atom is 0.416 e. The van der Waals surface area contributed by atoms with E-state index in [0.717, 1.165) is 12.1 Å². The third-order valence-corrected chi connectivity index (χ3v) is 2.91. The van der Waals surface area contributed by atoms with Crippen LogP contribution in [-0.4, -0.2) is 28.4 Å². The van der Waals surface area contributed by atoms with Crippen LogP contribution in [0.4, 0.5) is 13.2 Å². The smallest absolute Gasteiger partial charge is 0.390 e. The normalized spacial score (nSPS) is 15.1. The number of rotatable bonds is 5. The zero-order valence-electron chi connectivity index (χ0n) is 9.76. The van der Waals surface area contributed by atoms with Crippen molar-refractivity contribution in [1.82, 2.24) is 0 Å². The minimum Gasteiger partial charge on any atom is -0.390 e. The zero-order chi connectivity index (χ0) is 14.6. The van der Waals surface area contributed by atoms with Crippen LogP contribution in [0.15, 0.2) is 18.2 Å². The molecule has 0 aliphatic carbocycles. The first-order valence-electron chi connectivity index (χ1n) is 5.44. The molecule has 0 aliphatic heterocycles. The monoisotopic (exact) mass is 294 g/mol. The maximum atomic E-state index is 12.6. The molecule has 106 valence electrons. The summed E-state index contributed by atoms with van der Waals surface area (Å²) in [6.45, 7) is 0. The van der Waals surface area contributed by atoms with Crippen LogP contribution in [-0.2, 0) is 6.18 Å². The van der Waals surface area contributed by atoms with Crippen LogP contribution < -0.4 is 0 Å². The van der Waals surface area contributed by atoms with Gasteiger partial charge in [0.25, 0.3) is 0 Å². The third kappa shape index (κ3) is 3.95. The number of aldehydes is 1. The van der Waals surface area contributed by atoms with Gasteiger partial charge >= 0.3 is 6.18 Å². The minimum absolute atomic E-state index is 0.0845. The number of benzene rings is 1. The Morgan fingerprint density at radius 3 is 2.42 bits per heavy atom. The molecule has 0 heterocycles. The van der Waals surface area contributed by atoms with E-state index in [1.165, 1.54) is 0 Å². The van der Waals surface area contributed by atoms with Gasteiger partial charge in [-0.15, -0.1) is 0 Å². The summed E-state index contributed by atoms with van der Waals surface area (Å²) < 4.78 is 37.7. The van der Waals surface area contributed by atoms with Gasteiger partial charge in [0.1, 0.15) is 12.4 Å². The van der Waals surface area contributed by atoms with E-state index in [-0.39, 0.29) is 23.3 Å². The molecule has 2 N–H and O–H groups in total. The van der Waals surface area contributed by atoms with Gasteiger partial charge in [-0.1, -0.05) is 6.07 Å². The van der Waals surface area contributed by atoms with Gasteiger partial charge in [0.2, 0.25) is 0 Å². The topological polar surface area (TPSA) is 57.5 Å². The lowest BCUT2D eigenvalue weighted by atomic mass is 9.95. The molecule has 1 aromatic carbocycles. The molecule has 0 aliphatic rings. The molecular weight excluding hydrogens is 281 g/mol. The molecule has 0 saturated heterocycles. The Labute approximate surface area is 113 Å². The number of carbonyl (C=O) groups excluding carboxylic acids is 1. The number of alkyl halides is 3. The molecule has 0 radical (unpaired) electrons. The number of thiol groups is 1. The van der Waals surface area contributed by atoms with Crippen molar-refractivity contribution in [3.8, 4) is 0 Å². The summed E-state index contributed by atoms with van der Waals surface area (Å²) >= 11 is 3.86. The van der Waals surface area contributed by atoms with Gasteiger partial charge in [-0.2, -0.15) is 25.8 Å². The standard InChI is InChI=1S/C12H13F3O3S/c13-12(14,15)8-2-1-7(6-16)9(5-8)11(18)10(17)3-4-19/h1-2,5-6,10-11,17-19H,3-4H2. The fraction of sp³-hybridized carbons (Fsp3) is 0.417. The average molecular weight is 294 g/mol. The second-order valence-corrected chi connectivity index (χ2v) is 4.43. The summed E-state index contributed by atoms with van der Waals surface area (Å²) in [5.74, 6) is 0.258. The van der Waals surface area contributed by atoms with Crippen LogP contribution in [0.1, 0.15) is 34.0 Å². The second-order valence-electron chi connectivity index (χ2n) is 3.98. The van der Waals surface area contributed by atoms with Crippen molar-refractivity contribution in [2.75, 3.05) is 5.75 Å². The molecule has 19 heavy (non-hydrogen) atoms. The lowest BCUT2D eigenvalue weighted by molar-refractivity contribution is -0.137. The summed E-state index contributed by atoms with van der Waals surface area (Å²) in [4.78, 5) is 10.8. The predicted octanol–water partition coefficient (Wildman–Crippen LogP) is 2.23. The lowest BCUT2D eigenvalue weighted by Gasteiger charge is -2.20. The van der Waals surface area contributed by atoms with Gasteiger partial charge in [-0.05, 0) is 29.9 Å². The highest BCUT2D eigenvalue weighted by Crippen LogP contribution is 2.33. The molecule has 1 rings (SSSR count). The summed E-state index contributed by atoms with van der Waals surface area (Å²) in [6.07, 6.45) is -6.98. The molecule has 0 aromatic heterocycles. The van der Waals surface area contributed by atoms with E-state index >= 15 is 0 Å². The van der Waals surface area contributed by atoms with Crippen molar-refractivity contribution in [3.63, 3.8) is 0 Å². The van der Waals surface area contributed by atoms with Crippen LogP contribution in [0.2, 0.25) is 0 Å². The van der Waals surface area contributed by atoms with Crippen LogP contribution in [0.25, 0.3) is 0 Å². The van der Waals surface area contributed by atoms with Crippen molar-refractivity contribution in [2.45, 2.75) is 24.8 Å². The quantitative estimate of drug-likeness (QED) is 0.576. The fourth-order valence-corrected chi connectivity index (χ4v) is 1.88. The van der Waals surface area contributed by atoms with Crippen molar-refractivity contribution in [2.24, 2.45) is 0 Å². The predicted molar refractivity (Wildman–Crippen MR) is 66.3 cm³/mol. The summed E-state index contributed by atoms with van der Waals surface area (Å²) in [5, 5.41) is 19.4. The minimum atomic E-state index is -4.58. The highest BCUT2D eigenvalue weighted by atomic mass is 32.1. The Hall–Kier alpha value is -1.05. The Morgan fingerprint density at radius 2 is 1.95 bits per heavy atom. The van der Waals surface area contributed by atoms with Crippen LogP contribution in [0.5, 0.6) is 0 Å². The van der Waals surface area contributed by atoms with Gasteiger partial charge in [-0.3, -0.25) is 4.79 Å². The molecule has 1 aromatic rings. The van der Waals surface area contributed by atoms with E-state index in [0.29, 0.717) is 12.4 Å². The molecule has 7 heteroatoms. The molecule has 0 saturated carbocycles. The zero-order valence-corrected chi connectivity index (χ0v) is 10.7. The fourth-order valence-electron chi connectivity index (χ4n) is 1.61. The van der Waals surface area contributed by atoms with Gasteiger partial charge < -0.3 is 10.2 Å². The first-order chi connectivity index (χ1) is 8.81. The van der Waals surface area contributed by atoms with E-state index in [9.17, 15) is 28.2 Å². The number of carbonyl (C=O) groups is 1. The summed E-state index contributed by atoms with van der Waals surface area (Å²) in [5.41, 5.74) is -1.30. The van der Waals surface area contributed by atoms with Gasteiger partial charge in [0.05, 0.1) is 11.7 Å². The van der Waals surface area contributed by atoms with E-state index < -0.39 is 23.9 Å². The van der Waals surface area contributed by atoms with Crippen LogP contribution in [0.3, 0.4) is 0 Å². The average Bonchev–Trinajstić information content (AvgIpc) is 2.36. The maximum absolute atomic E-state index is 12.6. The number of hydrogen-bond acceptors (Lipinski definition) is 4. The Bertz CT molecular complexity index is 448. The number of aliphatic hydroxyl groups is 2. The molecule has 2 atom stereocenters. The Kier molecular flexibility index (Phi) is 5.39. The number of aliphatic hydroxyl groups excluding tert-OH is 2. The second kappa shape index (κ2) is 6.40. The summed E-state index contributed by atoms with van der Waals surface area (Å²) in [7, 11) is 0.